The molecule has 1 aromatic heterocycles. The highest BCUT2D eigenvalue weighted by Gasteiger charge is 2.14. The van der Waals surface area contributed by atoms with Crippen LogP contribution in [-0.2, 0) is 0 Å². The van der Waals surface area contributed by atoms with Crippen LogP contribution >= 0.6 is 11.3 Å². The van der Waals surface area contributed by atoms with Crippen molar-refractivity contribution in [2.75, 3.05) is 0 Å². The zero-order chi connectivity index (χ0) is 33.6. The molecule has 0 radical (unpaired) electrons. The summed E-state index contributed by atoms with van der Waals surface area (Å²) in [6.45, 7) is 0. The predicted molar refractivity (Wildman–Crippen MR) is 219 cm³/mol. The number of hydrogen-bond donors (Lipinski definition) is 0. The molecule has 0 aliphatic heterocycles. The minimum Gasteiger partial charge on any atom is -0.192 e. The molecule has 0 fully saturated rings. The Balaban J connectivity index is 0.977. The minimum absolute atomic E-state index is 0.699. The van der Waals surface area contributed by atoms with E-state index in [1.54, 1.807) is 11.3 Å². The van der Waals surface area contributed by atoms with Crippen molar-refractivity contribution in [1.29, 1.82) is 5.26 Å². The first-order valence-electron chi connectivity index (χ1n) is 17.3. The van der Waals surface area contributed by atoms with Crippen molar-refractivity contribution in [3.05, 3.63) is 169 Å². The smallest absolute Gasteiger partial charge is 0.0991 e. The molecule has 0 bridgehead atoms. The van der Waals surface area contributed by atoms with Crippen LogP contribution in [-0.4, -0.2) is 0 Å². The Bertz CT molecular complexity index is 3190. The van der Waals surface area contributed by atoms with Crippen LogP contribution in [0.25, 0.3) is 107 Å². The van der Waals surface area contributed by atoms with Crippen LogP contribution in [0.2, 0.25) is 0 Å². The lowest BCUT2D eigenvalue weighted by atomic mass is 9.88. The summed E-state index contributed by atoms with van der Waals surface area (Å²) in [4.78, 5) is 0. The molecule has 1 heterocycles. The third kappa shape index (κ3) is 4.39. The maximum atomic E-state index is 9.46. The molecule has 0 unspecified atom stereocenters. The Kier molecular flexibility index (Phi) is 5.96. The van der Waals surface area contributed by atoms with Gasteiger partial charge in [-0.2, -0.15) is 5.26 Å². The van der Waals surface area contributed by atoms with E-state index in [1.165, 1.54) is 102 Å². The Morgan fingerprint density at radius 1 is 0.353 bits per heavy atom. The van der Waals surface area contributed by atoms with Gasteiger partial charge in [0, 0.05) is 20.2 Å². The molecule has 234 valence electrons. The molecule has 0 aliphatic carbocycles. The number of benzene rings is 10. The lowest BCUT2D eigenvalue weighted by Gasteiger charge is -2.15. The molecule has 0 saturated carbocycles. The molecule has 11 rings (SSSR count). The average Bonchev–Trinajstić information content (AvgIpc) is 3.56. The number of nitrogens with zero attached hydrogens (tertiary/aromatic N) is 1. The van der Waals surface area contributed by atoms with Crippen LogP contribution in [0.4, 0.5) is 0 Å². The van der Waals surface area contributed by atoms with Gasteiger partial charge in [-0.1, -0.05) is 97.1 Å². The van der Waals surface area contributed by atoms with Gasteiger partial charge in [0.2, 0.25) is 0 Å². The molecule has 0 amide bonds. The van der Waals surface area contributed by atoms with Crippen molar-refractivity contribution in [1.82, 2.24) is 0 Å². The molecular weight excluding hydrogens is 635 g/mol. The third-order valence-electron chi connectivity index (χ3n) is 10.7. The van der Waals surface area contributed by atoms with Gasteiger partial charge in [-0.15, -0.1) is 11.3 Å². The minimum atomic E-state index is 0.699. The van der Waals surface area contributed by atoms with Gasteiger partial charge in [-0.25, -0.2) is 0 Å². The summed E-state index contributed by atoms with van der Waals surface area (Å²) < 4.78 is 2.46. The van der Waals surface area contributed by atoms with E-state index in [9.17, 15) is 5.26 Å². The van der Waals surface area contributed by atoms with E-state index in [0.717, 1.165) is 5.39 Å². The van der Waals surface area contributed by atoms with Gasteiger partial charge in [0.1, 0.15) is 0 Å². The zero-order valence-electron chi connectivity index (χ0n) is 27.4. The molecule has 0 spiro atoms. The molecular formula is C49H27NS. The van der Waals surface area contributed by atoms with Gasteiger partial charge in [-0.3, -0.25) is 0 Å². The summed E-state index contributed by atoms with van der Waals surface area (Å²) in [7, 11) is 0. The molecule has 10 aromatic carbocycles. The quantitative estimate of drug-likeness (QED) is 0.173. The largest absolute Gasteiger partial charge is 0.192 e. The van der Waals surface area contributed by atoms with Crippen LogP contribution in [0.15, 0.2) is 164 Å². The van der Waals surface area contributed by atoms with Crippen molar-refractivity contribution in [3.63, 3.8) is 0 Å². The molecule has 0 saturated heterocycles. The van der Waals surface area contributed by atoms with Crippen molar-refractivity contribution in [3.8, 4) is 39.4 Å². The van der Waals surface area contributed by atoms with Gasteiger partial charge in [0.15, 0.2) is 0 Å². The fourth-order valence-electron chi connectivity index (χ4n) is 8.27. The van der Waals surface area contributed by atoms with Crippen molar-refractivity contribution in [2.24, 2.45) is 0 Å². The highest BCUT2D eigenvalue weighted by atomic mass is 32.1. The van der Waals surface area contributed by atoms with Crippen LogP contribution in [0, 0.1) is 11.3 Å². The standard InChI is InChI=1S/C49H27NS/c50-28-29-8-18-46-44(20-29)45-27-35(17-19-47(45)51-46)33-10-9-32-22-34(12-11-31(32)21-33)40-23-36-13-15-38-25-41(26-39-16-14-37(24-40)48(36)49(38)39)43-7-3-5-30-4-1-2-6-42(30)43/h1-27H. The normalized spacial score (nSPS) is 11.9. The van der Waals surface area contributed by atoms with E-state index >= 15 is 0 Å². The van der Waals surface area contributed by atoms with Gasteiger partial charge in [0.25, 0.3) is 0 Å². The Labute approximate surface area is 298 Å². The lowest BCUT2D eigenvalue weighted by Crippen LogP contribution is -1.88. The van der Waals surface area contributed by atoms with E-state index in [0.29, 0.717) is 5.56 Å². The number of rotatable bonds is 3. The predicted octanol–water partition coefficient (Wildman–Crippen LogP) is 14.1. The maximum absolute atomic E-state index is 9.46. The second-order valence-electron chi connectivity index (χ2n) is 13.7. The highest BCUT2D eigenvalue weighted by molar-refractivity contribution is 7.25. The molecule has 11 aromatic rings. The van der Waals surface area contributed by atoms with Crippen molar-refractivity contribution < 1.29 is 0 Å². The summed E-state index contributed by atoms with van der Waals surface area (Å²) in [6.07, 6.45) is 0. The Morgan fingerprint density at radius 2 is 0.863 bits per heavy atom. The van der Waals surface area contributed by atoms with Gasteiger partial charge >= 0.3 is 0 Å². The molecule has 2 heteroatoms. The van der Waals surface area contributed by atoms with Gasteiger partial charge < -0.3 is 0 Å². The first kappa shape index (κ1) is 28.3. The fourth-order valence-corrected chi connectivity index (χ4v) is 9.34. The number of hydrogen-bond acceptors (Lipinski definition) is 2. The SMILES string of the molecule is N#Cc1ccc2sc3ccc(-c4ccc5cc(-c6cc7ccc8cc(-c9cccc%10ccccc9%10)cc9ccc(c6)c7c89)ccc5c4)cc3c2c1. The monoisotopic (exact) mass is 661 g/mol. The van der Waals surface area contributed by atoms with Crippen LogP contribution in [0.3, 0.4) is 0 Å². The summed E-state index contributed by atoms with van der Waals surface area (Å²) in [5, 5.41) is 24.6. The Hall–Kier alpha value is -6.53. The molecule has 0 N–H and O–H groups in total. The molecule has 1 nitrogen and oxygen atoms in total. The number of thiophene rings is 1. The molecule has 0 atom stereocenters. The summed E-state index contributed by atoms with van der Waals surface area (Å²) in [5.41, 5.74) is 8.06. The zero-order valence-corrected chi connectivity index (χ0v) is 28.3. The van der Waals surface area contributed by atoms with Gasteiger partial charge in [-0.05, 0) is 154 Å². The highest BCUT2D eigenvalue weighted by Crippen LogP contribution is 2.42. The van der Waals surface area contributed by atoms with Crippen molar-refractivity contribution in [2.45, 2.75) is 0 Å². The fraction of sp³-hybridized carbons (Fsp3) is 0. The van der Waals surface area contributed by atoms with E-state index in [4.69, 9.17) is 0 Å². The van der Waals surface area contributed by atoms with Gasteiger partial charge in [0.05, 0.1) is 11.6 Å². The van der Waals surface area contributed by atoms with Crippen LogP contribution in [0.5, 0.6) is 0 Å². The van der Waals surface area contributed by atoms with E-state index in [1.807, 2.05) is 12.1 Å². The summed E-state index contributed by atoms with van der Waals surface area (Å²) in [5.74, 6) is 0. The van der Waals surface area contributed by atoms with E-state index < -0.39 is 0 Å². The van der Waals surface area contributed by atoms with Crippen LogP contribution < -0.4 is 0 Å². The average molecular weight is 662 g/mol. The van der Waals surface area contributed by atoms with E-state index in [2.05, 4.69) is 158 Å². The van der Waals surface area contributed by atoms with Crippen molar-refractivity contribution >= 4 is 85.4 Å². The third-order valence-corrected chi connectivity index (χ3v) is 11.9. The van der Waals surface area contributed by atoms with E-state index in [-0.39, 0.29) is 0 Å². The van der Waals surface area contributed by atoms with Crippen LogP contribution in [0.1, 0.15) is 5.56 Å². The molecule has 0 aliphatic rings. The molecule has 51 heavy (non-hydrogen) atoms. The Morgan fingerprint density at radius 3 is 1.55 bits per heavy atom. The first-order chi connectivity index (χ1) is 25.2. The maximum Gasteiger partial charge on any atom is 0.0991 e. The number of nitriles is 1. The second-order valence-corrected chi connectivity index (χ2v) is 14.7. The first-order valence-corrected chi connectivity index (χ1v) is 18.1. The topological polar surface area (TPSA) is 23.8 Å². The lowest BCUT2D eigenvalue weighted by molar-refractivity contribution is 1.50. The summed E-state index contributed by atoms with van der Waals surface area (Å²) in [6, 6.07) is 62.4. The second kappa shape index (κ2) is 10.7. The number of fused-ring (bicyclic) bond motifs is 5. The summed E-state index contributed by atoms with van der Waals surface area (Å²) >= 11 is 1.78.